The minimum atomic E-state index is 0.350. The molecule has 3 rings (SSSR count). The summed E-state index contributed by atoms with van der Waals surface area (Å²) in [4.78, 5) is 10.1. The lowest BCUT2D eigenvalue weighted by molar-refractivity contribution is 0.296. The van der Waals surface area contributed by atoms with Crippen molar-refractivity contribution in [3.63, 3.8) is 0 Å². The van der Waals surface area contributed by atoms with Gasteiger partial charge in [-0.25, -0.2) is 9.97 Å². The zero-order valence-electron chi connectivity index (χ0n) is 11.5. The Kier molecular flexibility index (Phi) is 4.36. The number of halogens is 1. The number of nitrogens with one attached hydrogen (secondary N) is 1. The third-order valence-corrected chi connectivity index (χ3v) is 4.18. The van der Waals surface area contributed by atoms with Crippen molar-refractivity contribution >= 4 is 43.3 Å². The second-order valence-corrected chi connectivity index (χ2v) is 6.21. The van der Waals surface area contributed by atoms with Gasteiger partial charge in [-0.3, -0.25) is 0 Å². The van der Waals surface area contributed by atoms with E-state index in [-0.39, 0.29) is 0 Å². The van der Waals surface area contributed by atoms with E-state index < -0.39 is 0 Å². The molecule has 0 aliphatic rings. The van der Waals surface area contributed by atoms with Crippen LogP contribution in [0.4, 0.5) is 5.82 Å². The Bertz CT molecular complexity index is 760. The topological polar surface area (TPSA) is 47.0 Å². The summed E-state index contributed by atoms with van der Waals surface area (Å²) in [6.45, 7) is 3.23. The smallest absolute Gasteiger partial charge is 0.169 e. The minimum absolute atomic E-state index is 0.350. The molecule has 3 aromatic rings. The van der Waals surface area contributed by atoms with Crippen LogP contribution in [0.15, 0.2) is 40.2 Å². The quantitative estimate of drug-likeness (QED) is 0.726. The predicted octanol–water partition coefficient (Wildman–Crippen LogP) is 4.46. The van der Waals surface area contributed by atoms with Crippen LogP contribution in [0.25, 0.3) is 10.2 Å². The lowest BCUT2D eigenvalue weighted by atomic mass is 10.3. The number of aromatic nitrogens is 2. The molecule has 4 nitrogen and oxygen atoms in total. The van der Waals surface area contributed by atoms with E-state index in [1.807, 2.05) is 35.7 Å². The van der Waals surface area contributed by atoms with Gasteiger partial charge in [0.2, 0.25) is 0 Å². The molecule has 1 aromatic carbocycles. The van der Waals surface area contributed by atoms with Crippen LogP contribution >= 0.6 is 27.3 Å². The number of hydrogen-bond donors (Lipinski definition) is 1. The van der Waals surface area contributed by atoms with Crippen LogP contribution in [0.1, 0.15) is 12.7 Å². The molecule has 0 bridgehead atoms. The van der Waals surface area contributed by atoms with E-state index in [1.54, 1.807) is 11.3 Å². The molecule has 108 valence electrons. The lowest BCUT2D eigenvalue weighted by Gasteiger charge is -2.08. The van der Waals surface area contributed by atoms with E-state index in [1.165, 1.54) is 0 Å². The summed E-state index contributed by atoms with van der Waals surface area (Å²) < 4.78 is 6.74. The van der Waals surface area contributed by atoms with Gasteiger partial charge in [0.05, 0.1) is 5.39 Å². The first-order valence-corrected chi connectivity index (χ1v) is 8.30. The maximum absolute atomic E-state index is 5.75. The van der Waals surface area contributed by atoms with Crippen molar-refractivity contribution in [1.29, 1.82) is 0 Å². The molecule has 1 N–H and O–H groups in total. The van der Waals surface area contributed by atoms with Gasteiger partial charge in [0.1, 0.15) is 23.0 Å². The molecule has 0 aliphatic carbocycles. The summed E-state index contributed by atoms with van der Waals surface area (Å²) in [5.41, 5.74) is 0. The minimum Gasteiger partial charge on any atom is -0.486 e. The van der Waals surface area contributed by atoms with Gasteiger partial charge in [0.25, 0.3) is 0 Å². The van der Waals surface area contributed by atoms with Crippen LogP contribution in [-0.4, -0.2) is 16.5 Å². The van der Waals surface area contributed by atoms with Gasteiger partial charge in [0, 0.05) is 11.0 Å². The highest BCUT2D eigenvalue weighted by atomic mass is 79.9. The summed E-state index contributed by atoms with van der Waals surface area (Å²) in [7, 11) is 0. The van der Waals surface area contributed by atoms with Gasteiger partial charge < -0.3 is 10.1 Å². The molecular formula is C15H14BrN3OS. The molecule has 0 saturated carbocycles. The summed E-state index contributed by atoms with van der Waals surface area (Å²) in [6, 6.07) is 9.78. The van der Waals surface area contributed by atoms with Crippen LogP contribution in [0.2, 0.25) is 0 Å². The van der Waals surface area contributed by atoms with E-state index in [4.69, 9.17) is 4.74 Å². The molecule has 0 radical (unpaired) electrons. The van der Waals surface area contributed by atoms with Crippen molar-refractivity contribution in [2.45, 2.75) is 13.5 Å². The van der Waals surface area contributed by atoms with Gasteiger partial charge >= 0.3 is 0 Å². The Morgan fingerprint density at radius 3 is 3.00 bits per heavy atom. The maximum Gasteiger partial charge on any atom is 0.169 e. The van der Waals surface area contributed by atoms with Crippen LogP contribution in [-0.2, 0) is 6.61 Å². The van der Waals surface area contributed by atoms with Crippen molar-refractivity contribution in [3.8, 4) is 5.75 Å². The zero-order chi connectivity index (χ0) is 14.7. The average molecular weight is 364 g/mol. The number of hydrogen-bond acceptors (Lipinski definition) is 5. The second-order valence-electron chi connectivity index (χ2n) is 4.40. The Labute approximate surface area is 135 Å². The molecule has 0 unspecified atom stereocenters. The highest BCUT2D eigenvalue weighted by Crippen LogP contribution is 2.25. The largest absolute Gasteiger partial charge is 0.486 e. The number of fused-ring (bicyclic) bond motifs is 1. The van der Waals surface area contributed by atoms with E-state index >= 15 is 0 Å². The zero-order valence-corrected chi connectivity index (χ0v) is 13.9. The fraction of sp³-hybridized carbons (Fsp3) is 0.200. The van der Waals surface area contributed by atoms with Crippen LogP contribution in [0, 0.1) is 0 Å². The SMILES string of the molecule is CCNc1nc(COc2cccc(Br)c2)nc2sccc12. The number of anilines is 1. The van der Waals surface area contributed by atoms with Crippen molar-refractivity contribution in [2.75, 3.05) is 11.9 Å². The highest BCUT2D eigenvalue weighted by Gasteiger charge is 2.09. The molecule has 0 saturated heterocycles. The van der Waals surface area contributed by atoms with Crippen LogP contribution in [0.5, 0.6) is 5.75 Å². The molecule has 0 spiro atoms. The molecule has 0 fully saturated rings. The lowest BCUT2D eigenvalue weighted by Crippen LogP contribution is -2.06. The average Bonchev–Trinajstić information content (AvgIpc) is 2.94. The van der Waals surface area contributed by atoms with E-state index in [0.29, 0.717) is 12.4 Å². The van der Waals surface area contributed by atoms with Crippen molar-refractivity contribution in [2.24, 2.45) is 0 Å². The van der Waals surface area contributed by atoms with Crippen molar-refractivity contribution < 1.29 is 4.74 Å². The van der Waals surface area contributed by atoms with Gasteiger partial charge in [-0.1, -0.05) is 22.0 Å². The molecule has 21 heavy (non-hydrogen) atoms. The number of thiophene rings is 1. The first-order valence-electron chi connectivity index (χ1n) is 6.62. The Balaban J connectivity index is 1.83. The van der Waals surface area contributed by atoms with E-state index in [9.17, 15) is 0 Å². The Hall–Kier alpha value is -1.66. The molecule has 0 aliphatic heterocycles. The summed E-state index contributed by atoms with van der Waals surface area (Å²) >= 11 is 5.04. The van der Waals surface area contributed by atoms with Gasteiger partial charge in [-0.2, -0.15) is 0 Å². The fourth-order valence-corrected chi connectivity index (χ4v) is 3.13. The molecule has 2 heterocycles. The normalized spacial score (nSPS) is 10.8. The van der Waals surface area contributed by atoms with Crippen molar-refractivity contribution in [1.82, 2.24) is 9.97 Å². The monoisotopic (exact) mass is 363 g/mol. The molecule has 0 atom stereocenters. The van der Waals surface area contributed by atoms with E-state index in [2.05, 4.69) is 38.1 Å². The summed E-state index contributed by atoms with van der Waals surface area (Å²) in [5.74, 6) is 2.35. The highest BCUT2D eigenvalue weighted by molar-refractivity contribution is 9.10. The Morgan fingerprint density at radius 1 is 1.29 bits per heavy atom. The number of nitrogens with zero attached hydrogens (tertiary/aromatic N) is 2. The predicted molar refractivity (Wildman–Crippen MR) is 90.1 cm³/mol. The third-order valence-electron chi connectivity index (χ3n) is 2.88. The first kappa shape index (κ1) is 14.3. The first-order chi connectivity index (χ1) is 10.3. The number of rotatable bonds is 5. The standard InChI is InChI=1S/C15H14BrN3OS/c1-2-17-14-12-6-7-21-15(12)19-13(18-14)9-20-11-5-3-4-10(16)8-11/h3-8H,2,9H2,1H3,(H,17,18,19). The van der Waals surface area contributed by atoms with E-state index in [0.717, 1.165) is 32.8 Å². The van der Waals surface area contributed by atoms with Gasteiger partial charge in [-0.05, 0) is 36.6 Å². The summed E-state index contributed by atoms with van der Waals surface area (Å²) in [5, 5.41) is 6.37. The van der Waals surface area contributed by atoms with Crippen LogP contribution in [0.3, 0.4) is 0 Å². The van der Waals surface area contributed by atoms with Crippen LogP contribution < -0.4 is 10.1 Å². The molecule has 0 amide bonds. The molecule has 2 aromatic heterocycles. The second kappa shape index (κ2) is 6.41. The van der Waals surface area contributed by atoms with Gasteiger partial charge in [-0.15, -0.1) is 11.3 Å². The molecular weight excluding hydrogens is 350 g/mol. The van der Waals surface area contributed by atoms with Gasteiger partial charge in [0.15, 0.2) is 5.82 Å². The fourth-order valence-electron chi connectivity index (χ4n) is 1.97. The van der Waals surface area contributed by atoms with Crippen molar-refractivity contribution in [3.05, 3.63) is 46.0 Å². The third kappa shape index (κ3) is 3.33. The number of benzene rings is 1. The molecule has 6 heteroatoms. The Morgan fingerprint density at radius 2 is 2.19 bits per heavy atom. The summed E-state index contributed by atoms with van der Waals surface area (Å²) in [6.07, 6.45) is 0. The number of ether oxygens (including phenoxy) is 1. The maximum atomic E-state index is 5.75.